The topological polar surface area (TPSA) is 58.5 Å². The van der Waals surface area contributed by atoms with E-state index in [9.17, 15) is 0 Å². The van der Waals surface area contributed by atoms with E-state index < -0.39 is 0 Å². The molecule has 1 aliphatic heterocycles. The molecule has 4 N–H and O–H groups in total. The molecule has 1 aliphatic rings. The lowest BCUT2D eigenvalue weighted by molar-refractivity contribution is 0.132. The van der Waals surface area contributed by atoms with Gasteiger partial charge in [0, 0.05) is 24.3 Å². The molecule has 2 aromatic carbocycles. The molecule has 0 amide bonds. The Hall–Kier alpha value is -1.88. The third-order valence-electron chi connectivity index (χ3n) is 5.20. The van der Waals surface area contributed by atoms with Crippen molar-refractivity contribution in [3.05, 3.63) is 65.2 Å². The average molecular weight is 338 g/mol. The summed E-state index contributed by atoms with van der Waals surface area (Å²) < 4.78 is 0. The smallest absolute Gasteiger partial charge is 0.0690 e. The van der Waals surface area contributed by atoms with Crippen molar-refractivity contribution in [1.29, 1.82) is 0 Å². The largest absolute Gasteiger partial charge is 0.364 e. The Morgan fingerprint density at radius 3 is 2.20 bits per heavy atom. The second-order valence-corrected chi connectivity index (χ2v) is 7.49. The van der Waals surface area contributed by atoms with Crippen LogP contribution >= 0.6 is 0 Å². The highest BCUT2D eigenvalue weighted by atomic mass is 15.4. The molecule has 0 bridgehead atoms. The molecule has 25 heavy (non-hydrogen) atoms. The monoisotopic (exact) mass is 338 g/mol. The van der Waals surface area contributed by atoms with Crippen molar-refractivity contribution < 1.29 is 0 Å². The second-order valence-electron chi connectivity index (χ2n) is 7.49. The van der Waals surface area contributed by atoms with Gasteiger partial charge in [0.2, 0.25) is 0 Å². The fourth-order valence-electron chi connectivity index (χ4n) is 3.76. The van der Waals surface area contributed by atoms with E-state index in [1.807, 2.05) is 5.01 Å². The number of fused-ring (bicyclic) bond motifs is 2. The van der Waals surface area contributed by atoms with Crippen molar-refractivity contribution in [3.8, 4) is 0 Å². The zero-order valence-corrected chi connectivity index (χ0v) is 15.7. The van der Waals surface area contributed by atoms with Gasteiger partial charge in [-0.05, 0) is 50.5 Å². The minimum absolute atomic E-state index is 0.0494. The number of benzene rings is 2. The number of nitrogens with two attached hydrogens (primary N) is 2. The summed E-state index contributed by atoms with van der Waals surface area (Å²) in [6.45, 7) is 9.54. The summed E-state index contributed by atoms with van der Waals surface area (Å²) in [4.78, 5) is 2.43. The quantitative estimate of drug-likeness (QED) is 0.661. The molecule has 2 aromatic rings. The first kappa shape index (κ1) is 17.9. The molecule has 4 nitrogen and oxygen atoms in total. The van der Waals surface area contributed by atoms with Crippen LogP contribution in [0.1, 0.15) is 56.5 Å². The molecule has 2 unspecified atom stereocenters. The number of hydrogen-bond acceptors (Lipinski definition) is 4. The Morgan fingerprint density at radius 2 is 1.56 bits per heavy atom. The number of para-hydroxylation sites is 1. The van der Waals surface area contributed by atoms with Crippen molar-refractivity contribution in [2.45, 2.75) is 58.4 Å². The van der Waals surface area contributed by atoms with Crippen molar-refractivity contribution >= 4 is 5.69 Å². The van der Waals surface area contributed by atoms with Gasteiger partial charge >= 0.3 is 0 Å². The molecule has 0 radical (unpaired) electrons. The highest BCUT2D eigenvalue weighted by molar-refractivity contribution is 5.58. The van der Waals surface area contributed by atoms with E-state index in [4.69, 9.17) is 11.6 Å². The van der Waals surface area contributed by atoms with Crippen molar-refractivity contribution in [2.75, 3.05) is 4.90 Å². The van der Waals surface area contributed by atoms with Crippen LogP contribution < -0.4 is 16.5 Å². The normalized spacial score (nSPS) is 20.4. The van der Waals surface area contributed by atoms with Crippen molar-refractivity contribution in [2.24, 2.45) is 11.6 Å². The summed E-state index contributed by atoms with van der Waals surface area (Å²) in [5, 5.41) is 1.91. The lowest BCUT2D eigenvalue weighted by Crippen LogP contribution is -2.47. The van der Waals surface area contributed by atoms with Gasteiger partial charge in [0.15, 0.2) is 0 Å². The second kappa shape index (κ2) is 7.16. The van der Waals surface area contributed by atoms with Crippen LogP contribution in [0.25, 0.3) is 0 Å². The molecular weight excluding hydrogens is 308 g/mol. The molecule has 0 spiro atoms. The van der Waals surface area contributed by atoms with Crippen LogP contribution in [0, 0.1) is 0 Å². The van der Waals surface area contributed by atoms with E-state index in [1.165, 1.54) is 16.8 Å². The van der Waals surface area contributed by atoms with Crippen molar-refractivity contribution in [1.82, 2.24) is 5.01 Å². The van der Waals surface area contributed by atoms with Crippen LogP contribution in [0.3, 0.4) is 0 Å². The van der Waals surface area contributed by atoms with Gasteiger partial charge in [0.1, 0.15) is 0 Å². The number of hydrazine groups is 1. The van der Waals surface area contributed by atoms with Gasteiger partial charge in [-0.25, -0.2) is 5.01 Å². The first-order valence-corrected chi connectivity index (χ1v) is 9.13. The maximum absolute atomic E-state index is 6.83. The molecule has 134 valence electrons. The van der Waals surface area contributed by atoms with E-state index in [0.29, 0.717) is 6.04 Å². The SMILES string of the molecule is CC(C)N1Cc2ccccc2C(N(N)C(C)C)C(N)c2ccccc21. The van der Waals surface area contributed by atoms with Gasteiger partial charge in [-0.2, -0.15) is 0 Å². The van der Waals surface area contributed by atoms with Crippen molar-refractivity contribution in [3.63, 3.8) is 0 Å². The standard InChI is InChI=1S/C21H30N4/c1-14(2)24-13-16-9-5-6-10-17(16)21(25(23)15(3)4)20(22)18-11-7-8-12-19(18)24/h5-12,14-15,20-21H,13,22-23H2,1-4H3. The lowest BCUT2D eigenvalue weighted by atomic mass is 9.86. The van der Waals surface area contributed by atoms with Crippen LogP contribution in [0.4, 0.5) is 5.69 Å². The molecule has 3 rings (SSSR count). The van der Waals surface area contributed by atoms with Gasteiger partial charge in [0.25, 0.3) is 0 Å². The fraction of sp³-hybridized carbons (Fsp3) is 0.429. The minimum atomic E-state index is -0.189. The molecule has 1 heterocycles. The summed E-state index contributed by atoms with van der Waals surface area (Å²) in [5.74, 6) is 6.51. The maximum Gasteiger partial charge on any atom is 0.0690 e. The zero-order chi connectivity index (χ0) is 18.1. The average Bonchev–Trinajstić information content (AvgIpc) is 2.59. The Morgan fingerprint density at radius 1 is 0.960 bits per heavy atom. The maximum atomic E-state index is 6.83. The molecule has 0 fully saturated rings. The molecule has 0 aromatic heterocycles. The predicted octanol–water partition coefficient (Wildman–Crippen LogP) is 3.74. The molecule has 0 aliphatic carbocycles. The summed E-state index contributed by atoms with van der Waals surface area (Å²) in [6, 6.07) is 17.4. The molecule has 0 saturated carbocycles. The van der Waals surface area contributed by atoms with E-state index in [2.05, 4.69) is 81.1 Å². The van der Waals surface area contributed by atoms with E-state index >= 15 is 0 Å². The van der Waals surface area contributed by atoms with Crippen LogP contribution in [0.5, 0.6) is 0 Å². The summed E-state index contributed by atoms with van der Waals surface area (Å²) >= 11 is 0. The van der Waals surface area contributed by atoms with Gasteiger partial charge in [-0.15, -0.1) is 0 Å². The first-order valence-electron chi connectivity index (χ1n) is 9.13. The van der Waals surface area contributed by atoms with Gasteiger partial charge in [-0.1, -0.05) is 42.5 Å². The highest BCUT2D eigenvalue weighted by Gasteiger charge is 2.34. The van der Waals surface area contributed by atoms with E-state index in [0.717, 1.165) is 12.1 Å². The van der Waals surface area contributed by atoms with E-state index in [1.54, 1.807) is 0 Å². The predicted molar refractivity (Wildman–Crippen MR) is 105 cm³/mol. The molecular formula is C21H30N4. The summed E-state index contributed by atoms with van der Waals surface area (Å²) in [7, 11) is 0. The summed E-state index contributed by atoms with van der Waals surface area (Å²) in [5.41, 5.74) is 11.7. The summed E-state index contributed by atoms with van der Waals surface area (Å²) in [6.07, 6.45) is 0. The molecule has 4 heteroatoms. The van der Waals surface area contributed by atoms with Gasteiger partial charge in [-0.3, -0.25) is 5.84 Å². The number of rotatable bonds is 3. The van der Waals surface area contributed by atoms with E-state index in [-0.39, 0.29) is 18.1 Å². The lowest BCUT2D eigenvalue weighted by Gasteiger charge is -2.42. The van der Waals surface area contributed by atoms with Gasteiger partial charge in [0.05, 0.1) is 12.1 Å². The number of hydrogen-bond donors (Lipinski definition) is 2. The Bertz CT molecular complexity index is 725. The van der Waals surface area contributed by atoms with Crippen LogP contribution in [0.15, 0.2) is 48.5 Å². The fourth-order valence-corrected chi connectivity index (χ4v) is 3.76. The number of anilines is 1. The first-order chi connectivity index (χ1) is 11.9. The Labute approximate surface area is 151 Å². The van der Waals surface area contributed by atoms with Crippen LogP contribution in [-0.4, -0.2) is 17.1 Å². The van der Waals surface area contributed by atoms with Crippen LogP contribution in [-0.2, 0) is 6.54 Å². The highest BCUT2D eigenvalue weighted by Crippen LogP contribution is 2.41. The number of nitrogens with zero attached hydrogens (tertiary/aromatic N) is 2. The molecule has 2 atom stereocenters. The molecule has 0 saturated heterocycles. The van der Waals surface area contributed by atoms with Crippen LogP contribution in [0.2, 0.25) is 0 Å². The van der Waals surface area contributed by atoms with Gasteiger partial charge < -0.3 is 10.6 Å². The Balaban J connectivity index is 2.21. The third-order valence-corrected chi connectivity index (χ3v) is 5.20. The minimum Gasteiger partial charge on any atom is -0.364 e. The third kappa shape index (κ3) is 3.30. The Kier molecular flexibility index (Phi) is 5.13. The zero-order valence-electron chi connectivity index (χ0n) is 15.7.